The number of nitro groups is 1. The Hall–Kier alpha value is -3.46. The van der Waals surface area contributed by atoms with E-state index in [1.54, 1.807) is 6.07 Å². The van der Waals surface area contributed by atoms with E-state index in [4.69, 9.17) is 4.74 Å². The number of hydrogen-bond acceptors (Lipinski definition) is 6. The van der Waals surface area contributed by atoms with Crippen LogP contribution in [0.5, 0.6) is 5.75 Å². The van der Waals surface area contributed by atoms with E-state index in [0.29, 0.717) is 17.9 Å². The highest BCUT2D eigenvalue weighted by Crippen LogP contribution is 2.30. The molecule has 27 heavy (non-hydrogen) atoms. The van der Waals surface area contributed by atoms with Gasteiger partial charge in [0.1, 0.15) is 5.65 Å². The number of fused-ring (bicyclic) bond motifs is 1. The van der Waals surface area contributed by atoms with Gasteiger partial charge in [-0.1, -0.05) is 6.07 Å². The number of carbonyl (C=O) groups excluding carboxylic acids is 1. The van der Waals surface area contributed by atoms with Gasteiger partial charge >= 0.3 is 5.69 Å². The SMILES string of the molecule is COc1ccc(NC(=O)c2nc3ccccn3c2CN(C)C)cc1[N+](=O)[O-]. The summed E-state index contributed by atoms with van der Waals surface area (Å²) >= 11 is 0. The van der Waals surface area contributed by atoms with Crippen LogP contribution in [0, 0.1) is 10.1 Å². The molecule has 1 N–H and O–H groups in total. The maximum absolute atomic E-state index is 12.8. The third-order valence-corrected chi connectivity index (χ3v) is 3.94. The molecule has 2 heterocycles. The summed E-state index contributed by atoms with van der Waals surface area (Å²) in [5, 5.41) is 13.9. The van der Waals surface area contributed by atoms with Crippen LogP contribution in [-0.2, 0) is 6.54 Å². The Labute approximate surface area is 155 Å². The lowest BCUT2D eigenvalue weighted by atomic mass is 10.2. The highest BCUT2D eigenvalue weighted by atomic mass is 16.6. The predicted octanol–water partition coefficient (Wildman–Crippen LogP) is 2.57. The fourth-order valence-electron chi connectivity index (χ4n) is 2.78. The zero-order chi connectivity index (χ0) is 19.6. The van der Waals surface area contributed by atoms with Crippen LogP contribution < -0.4 is 10.1 Å². The average Bonchev–Trinajstić information content (AvgIpc) is 3.00. The zero-order valence-electron chi connectivity index (χ0n) is 15.2. The van der Waals surface area contributed by atoms with E-state index in [0.717, 1.165) is 5.69 Å². The van der Waals surface area contributed by atoms with Gasteiger partial charge in [-0.2, -0.15) is 0 Å². The quantitative estimate of drug-likeness (QED) is 0.529. The monoisotopic (exact) mass is 369 g/mol. The van der Waals surface area contributed by atoms with Crippen molar-refractivity contribution in [3.05, 3.63) is 64.1 Å². The minimum atomic E-state index is -0.559. The van der Waals surface area contributed by atoms with Gasteiger partial charge in [-0.3, -0.25) is 14.9 Å². The number of imidazole rings is 1. The molecule has 0 atom stereocenters. The Morgan fingerprint density at radius 2 is 2.11 bits per heavy atom. The van der Waals surface area contributed by atoms with Crippen LogP contribution in [0.1, 0.15) is 16.2 Å². The molecule has 140 valence electrons. The minimum absolute atomic E-state index is 0.124. The summed E-state index contributed by atoms with van der Waals surface area (Å²) in [7, 11) is 5.15. The van der Waals surface area contributed by atoms with Gasteiger partial charge in [0.25, 0.3) is 5.91 Å². The maximum Gasteiger partial charge on any atom is 0.312 e. The molecule has 0 radical (unpaired) electrons. The molecule has 3 rings (SSSR count). The van der Waals surface area contributed by atoms with Gasteiger partial charge in [0.05, 0.1) is 17.7 Å². The van der Waals surface area contributed by atoms with Gasteiger partial charge in [-0.05, 0) is 38.4 Å². The molecular formula is C18H19N5O4. The molecule has 1 amide bonds. The topological polar surface area (TPSA) is 102 Å². The van der Waals surface area contributed by atoms with Crippen LogP contribution in [0.25, 0.3) is 5.65 Å². The molecular weight excluding hydrogens is 350 g/mol. The summed E-state index contributed by atoms with van der Waals surface area (Å²) in [6, 6.07) is 9.77. The fourth-order valence-corrected chi connectivity index (χ4v) is 2.78. The van der Waals surface area contributed by atoms with Crippen molar-refractivity contribution in [2.75, 3.05) is 26.5 Å². The van der Waals surface area contributed by atoms with Crippen LogP contribution in [-0.4, -0.2) is 46.3 Å². The van der Waals surface area contributed by atoms with Gasteiger partial charge < -0.3 is 19.4 Å². The lowest BCUT2D eigenvalue weighted by Gasteiger charge is -2.11. The number of amides is 1. The summed E-state index contributed by atoms with van der Waals surface area (Å²) < 4.78 is 6.83. The molecule has 3 aromatic rings. The van der Waals surface area contributed by atoms with Gasteiger partial charge in [0.2, 0.25) is 0 Å². The van der Waals surface area contributed by atoms with Crippen molar-refractivity contribution in [3.63, 3.8) is 0 Å². The van der Waals surface area contributed by atoms with Crippen molar-refractivity contribution < 1.29 is 14.5 Å². The molecule has 0 aliphatic carbocycles. The van der Waals surface area contributed by atoms with E-state index in [2.05, 4.69) is 10.3 Å². The second-order valence-electron chi connectivity index (χ2n) is 6.17. The van der Waals surface area contributed by atoms with Crippen molar-refractivity contribution in [2.24, 2.45) is 0 Å². The first-order valence-electron chi connectivity index (χ1n) is 8.15. The summed E-state index contributed by atoms with van der Waals surface area (Å²) in [6.45, 7) is 0.511. The number of nitro benzene ring substituents is 1. The normalized spacial score (nSPS) is 11.0. The first-order valence-corrected chi connectivity index (χ1v) is 8.15. The highest BCUT2D eigenvalue weighted by molar-refractivity contribution is 6.04. The summed E-state index contributed by atoms with van der Waals surface area (Å²) in [6.07, 6.45) is 1.84. The van der Waals surface area contributed by atoms with Gasteiger partial charge in [0.15, 0.2) is 11.4 Å². The summed E-state index contributed by atoms with van der Waals surface area (Å²) in [5.74, 6) is -0.311. The molecule has 9 nitrogen and oxygen atoms in total. The fraction of sp³-hybridized carbons (Fsp3) is 0.222. The Balaban J connectivity index is 1.97. The Morgan fingerprint density at radius 3 is 2.78 bits per heavy atom. The number of benzene rings is 1. The second kappa shape index (κ2) is 7.42. The van der Waals surface area contributed by atoms with Crippen LogP contribution in [0.3, 0.4) is 0 Å². The van der Waals surface area contributed by atoms with Crippen LogP contribution in [0.2, 0.25) is 0 Å². The van der Waals surface area contributed by atoms with Crippen molar-refractivity contribution in [1.82, 2.24) is 14.3 Å². The van der Waals surface area contributed by atoms with Gasteiger partial charge in [-0.15, -0.1) is 0 Å². The van der Waals surface area contributed by atoms with E-state index < -0.39 is 10.8 Å². The highest BCUT2D eigenvalue weighted by Gasteiger charge is 2.21. The lowest BCUT2D eigenvalue weighted by Crippen LogP contribution is -2.19. The average molecular weight is 369 g/mol. The molecule has 0 fully saturated rings. The Morgan fingerprint density at radius 1 is 1.33 bits per heavy atom. The molecule has 0 aliphatic heterocycles. The number of carbonyl (C=O) groups is 1. The lowest BCUT2D eigenvalue weighted by molar-refractivity contribution is -0.385. The summed E-state index contributed by atoms with van der Waals surface area (Å²) in [5.41, 5.74) is 1.73. The van der Waals surface area contributed by atoms with Crippen molar-refractivity contribution in [2.45, 2.75) is 6.54 Å². The first kappa shape index (κ1) is 18.3. The predicted molar refractivity (Wildman–Crippen MR) is 100 cm³/mol. The summed E-state index contributed by atoms with van der Waals surface area (Å²) in [4.78, 5) is 29.8. The Bertz CT molecular complexity index is 1010. The van der Waals surface area contributed by atoms with Crippen LogP contribution >= 0.6 is 0 Å². The number of nitrogens with one attached hydrogen (secondary N) is 1. The third kappa shape index (κ3) is 3.72. The van der Waals surface area contributed by atoms with Crippen LogP contribution in [0.15, 0.2) is 42.6 Å². The van der Waals surface area contributed by atoms with Crippen molar-refractivity contribution >= 4 is 22.9 Å². The maximum atomic E-state index is 12.8. The van der Waals surface area contributed by atoms with E-state index in [1.807, 2.05) is 47.8 Å². The van der Waals surface area contributed by atoms with Crippen molar-refractivity contribution in [3.8, 4) is 5.75 Å². The number of pyridine rings is 1. The van der Waals surface area contributed by atoms with Gasteiger partial charge in [0, 0.05) is 24.5 Å². The number of nitrogens with zero attached hydrogens (tertiary/aromatic N) is 4. The second-order valence-corrected chi connectivity index (χ2v) is 6.17. The number of aromatic nitrogens is 2. The largest absolute Gasteiger partial charge is 0.490 e. The first-order chi connectivity index (χ1) is 12.9. The number of ether oxygens (including phenoxy) is 1. The van der Waals surface area contributed by atoms with E-state index in [-0.39, 0.29) is 17.1 Å². The molecule has 0 bridgehead atoms. The standard InChI is InChI=1S/C18H19N5O4/c1-21(2)11-14-17(20-16-6-4-5-9-22(14)16)18(24)19-12-7-8-15(27-3)13(10-12)23(25)26/h4-10H,11H2,1-3H3,(H,19,24). The van der Waals surface area contributed by atoms with E-state index in [9.17, 15) is 14.9 Å². The van der Waals surface area contributed by atoms with Crippen LogP contribution in [0.4, 0.5) is 11.4 Å². The smallest absolute Gasteiger partial charge is 0.312 e. The molecule has 1 aromatic carbocycles. The molecule has 0 saturated carbocycles. The minimum Gasteiger partial charge on any atom is -0.490 e. The number of hydrogen-bond donors (Lipinski definition) is 1. The Kier molecular flexibility index (Phi) is 5.04. The van der Waals surface area contributed by atoms with Gasteiger partial charge in [-0.25, -0.2) is 4.98 Å². The van der Waals surface area contributed by atoms with E-state index in [1.165, 1.54) is 19.2 Å². The molecule has 9 heteroatoms. The molecule has 0 saturated heterocycles. The zero-order valence-corrected chi connectivity index (χ0v) is 15.2. The number of rotatable bonds is 6. The molecule has 0 aliphatic rings. The number of anilines is 1. The molecule has 0 unspecified atom stereocenters. The third-order valence-electron chi connectivity index (χ3n) is 3.94. The van der Waals surface area contributed by atoms with Crippen molar-refractivity contribution in [1.29, 1.82) is 0 Å². The molecule has 2 aromatic heterocycles. The number of methoxy groups -OCH3 is 1. The molecule has 0 spiro atoms. The van der Waals surface area contributed by atoms with E-state index >= 15 is 0 Å².